The third-order valence-electron chi connectivity index (χ3n) is 3.68. The maximum absolute atomic E-state index is 12.5. The number of nitrogens with zero attached hydrogens (tertiary/aromatic N) is 1. The van der Waals surface area contributed by atoms with Crippen molar-refractivity contribution in [3.05, 3.63) is 35.2 Å². The van der Waals surface area contributed by atoms with Crippen LogP contribution in [0.5, 0.6) is 11.5 Å². The number of hydrogen-bond donors (Lipinski definition) is 3. The molecule has 0 saturated carbocycles. The summed E-state index contributed by atoms with van der Waals surface area (Å²) in [4.78, 5) is 12.5. The minimum absolute atomic E-state index is 0.271. The highest BCUT2D eigenvalue weighted by atomic mass is 16.5. The molecule has 0 atom stereocenters. The Hall–Kier alpha value is -2.54. The Balaban J connectivity index is 1.87. The van der Waals surface area contributed by atoms with E-state index in [1.54, 1.807) is 32.4 Å². The molecule has 0 bridgehead atoms. The molecule has 1 amide bonds. The van der Waals surface area contributed by atoms with E-state index in [9.17, 15) is 4.79 Å². The number of rotatable bonds is 4. The van der Waals surface area contributed by atoms with Crippen LogP contribution in [-0.4, -0.2) is 36.9 Å². The minimum Gasteiger partial charge on any atom is -0.497 e. The van der Waals surface area contributed by atoms with Gasteiger partial charge in [0.25, 0.3) is 5.91 Å². The summed E-state index contributed by atoms with van der Waals surface area (Å²) in [5.74, 6) is 0.936. The first-order valence-electron chi connectivity index (χ1n) is 7.03. The number of carbonyl (C=O) groups excluding carboxylic acids is 1. The van der Waals surface area contributed by atoms with Gasteiger partial charge in [-0.3, -0.25) is 9.89 Å². The number of anilines is 1. The molecule has 0 saturated heterocycles. The molecule has 0 fully saturated rings. The summed E-state index contributed by atoms with van der Waals surface area (Å²) in [7, 11) is 3.13. The first-order valence-corrected chi connectivity index (χ1v) is 7.03. The van der Waals surface area contributed by atoms with Crippen molar-refractivity contribution in [2.75, 3.05) is 26.1 Å². The first-order chi connectivity index (χ1) is 10.7. The SMILES string of the molecule is COc1ccc(OC)c(NC(=O)c2n[nH]c3c2CNCC3)c1. The van der Waals surface area contributed by atoms with Crippen LogP contribution < -0.4 is 20.1 Å². The number of methoxy groups -OCH3 is 2. The van der Waals surface area contributed by atoms with Crippen LogP contribution in [-0.2, 0) is 13.0 Å². The van der Waals surface area contributed by atoms with Crippen molar-refractivity contribution >= 4 is 11.6 Å². The topological polar surface area (TPSA) is 88.3 Å². The minimum atomic E-state index is -0.271. The van der Waals surface area contributed by atoms with E-state index in [-0.39, 0.29) is 5.91 Å². The van der Waals surface area contributed by atoms with Gasteiger partial charge < -0.3 is 20.1 Å². The number of H-pyrrole nitrogens is 1. The van der Waals surface area contributed by atoms with Crippen LogP contribution in [0.4, 0.5) is 5.69 Å². The normalized spacial score (nSPS) is 13.4. The summed E-state index contributed by atoms with van der Waals surface area (Å²) in [5, 5.41) is 13.2. The number of benzene rings is 1. The molecule has 116 valence electrons. The van der Waals surface area contributed by atoms with Gasteiger partial charge in [0.1, 0.15) is 11.5 Å². The summed E-state index contributed by atoms with van der Waals surface area (Å²) in [6.07, 6.45) is 0.845. The second-order valence-corrected chi connectivity index (χ2v) is 4.98. The van der Waals surface area contributed by atoms with E-state index in [1.807, 2.05) is 0 Å². The van der Waals surface area contributed by atoms with Crippen molar-refractivity contribution in [1.82, 2.24) is 15.5 Å². The number of aromatic nitrogens is 2. The van der Waals surface area contributed by atoms with Gasteiger partial charge in [-0.2, -0.15) is 5.10 Å². The number of carbonyl (C=O) groups is 1. The van der Waals surface area contributed by atoms with Gasteiger partial charge in [0.05, 0.1) is 19.9 Å². The Kier molecular flexibility index (Phi) is 3.97. The van der Waals surface area contributed by atoms with Crippen molar-refractivity contribution in [3.8, 4) is 11.5 Å². The van der Waals surface area contributed by atoms with E-state index in [4.69, 9.17) is 9.47 Å². The maximum atomic E-state index is 12.5. The van der Waals surface area contributed by atoms with Crippen molar-refractivity contribution in [3.63, 3.8) is 0 Å². The van der Waals surface area contributed by atoms with Crippen LogP contribution in [0.15, 0.2) is 18.2 Å². The monoisotopic (exact) mass is 302 g/mol. The average Bonchev–Trinajstić information content (AvgIpc) is 2.99. The van der Waals surface area contributed by atoms with Crippen molar-refractivity contribution < 1.29 is 14.3 Å². The highest BCUT2D eigenvalue weighted by Gasteiger charge is 2.22. The highest BCUT2D eigenvalue weighted by molar-refractivity contribution is 6.05. The van der Waals surface area contributed by atoms with E-state index in [0.717, 1.165) is 24.2 Å². The van der Waals surface area contributed by atoms with E-state index in [2.05, 4.69) is 20.8 Å². The predicted octanol–water partition coefficient (Wildman–Crippen LogP) is 1.32. The second-order valence-electron chi connectivity index (χ2n) is 4.98. The van der Waals surface area contributed by atoms with Crippen molar-refractivity contribution in [2.45, 2.75) is 13.0 Å². The van der Waals surface area contributed by atoms with Crippen LogP contribution in [0.25, 0.3) is 0 Å². The molecule has 0 aliphatic carbocycles. The Morgan fingerprint density at radius 2 is 2.18 bits per heavy atom. The number of ether oxygens (including phenoxy) is 2. The number of nitrogens with one attached hydrogen (secondary N) is 3. The Labute approximate surface area is 128 Å². The van der Waals surface area contributed by atoms with Gasteiger partial charge in [-0.25, -0.2) is 0 Å². The van der Waals surface area contributed by atoms with E-state index < -0.39 is 0 Å². The molecular weight excluding hydrogens is 284 g/mol. The van der Waals surface area contributed by atoms with Gasteiger partial charge >= 0.3 is 0 Å². The molecule has 0 radical (unpaired) electrons. The largest absolute Gasteiger partial charge is 0.497 e. The van der Waals surface area contributed by atoms with E-state index >= 15 is 0 Å². The third-order valence-corrected chi connectivity index (χ3v) is 3.68. The molecule has 2 aromatic rings. The van der Waals surface area contributed by atoms with Gasteiger partial charge in [0.2, 0.25) is 0 Å². The molecule has 1 aromatic carbocycles. The van der Waals surface area contributed by atoms with Crippen LogP contribution in [0.1, 0.15) is 21.7 Å². The van der Waals surface area contributed by atoms with E-state index in [0.29, 0.717) is 29.4 Å². The third kappa shape index (κ3) is 2.62. The van der Waals surface area contributed by atoms with Gasteiger partial charge in [-0.15, -0.1) is 0 Å². The Morgan fingerprint density at radius 3 is 2.95 bits per heavy atom. The summed E-state index contributed by atoms with van der Waals surface area (Å²) in [5.41, 5.74) is 2.89. The molecular formula is C15H18N4O3. The zero-order chi connectivity index (χ0) is 15.5. The van der Waals surface area contributed by atoms with Crippen molar-refractivity contribution in [1.29, 1.82) is 0 Å². The van der Waals surface area contributed by atoms with Crippen LogP contribution >= 0.6 is 0 Å². The van der Waals surface area contributed by atoms with Crippen LogP contribution in [0.2, 0.25) is 0 Å². The van der Waals surface area contributed by atoms with E-state index in [1.165, 1.54) is 0 Å². The number of fused-ring (bicyclic) bond motifs is 1. The fraction of sp³-hybridized carbons (Fsp3) is 0.333. The molecule has 1 aliphatic rings. The molecule has 2 heterocycles. The maximum Gasteiger partial charge on any atom is 0.276 e. The molecule has 0 spiro atoms. The lowest BCUT2D eigenvalue weighted by molar-refractivity contribution is 0.102. The standard InChI is InChI=1S/C15H18N4O3/c1-21-9-3-4-13(22-2)12(7-9)17-15(20)14-10-8-16-6-5-11(10)18-19-14/h3-4,7,16H,5-6,8H2,1-2H3,(H,17,20)(H,18,19). The molecule has 0 unspecified atom stereocenters. The molecule has 22 heavy (non-hydrogen) atoms. The average molecular weight is 302 g/mol. The zero-order valence-corrected chi connectivity index (χ0v) is 12.5. The first kappa shape index (κ1) is 14.4. The lowest BCUT2D eigenvalue weighted by Gasteiger charge is -2.14. The van der Waals surface area contributed by atoms with Gasteiger partial charge in [0, 0.05) is 36.8 Å². The second kappa shape index (κ2) is 6.07. The fourth-order valence-electron chi connectivity index (χ4n) is 2.51. The Bertz CT molecular complexity index is 696. The van der Waals surface area contributed by atoms with Crippen LogP contribution in [0.3, 0.4) is 0 Å². The lowest BCUT2D eigenvalue weighted by atomic mass is 10.1. The highest BCUT2D eigenvalue weighted by Crippen LogP contribution is 2.29. The summed E-state index contributed by atoms with van der Waals surface area (Å²) >= 11 is 0. The number of hydrogen-bond acceptors (Lipinski definition) is 5. The Morgan fingerprint density at radius 1 is 1.32 bits per heavy atom. The molecule has 7 nitrogen and oxygen atoms in total. The molecule has 1 aliphatic heterocycles. The van der Waals surface area contributed by atoms with Gasteiger partial charge in [-0.05, 0) is 12.1 Å². The van der Waals surface area contributed by atoms with Crippen LogP contribution in [0, 0.1) is 0 Å². The molecule has 1 aromatic heterocycles. The number of amides is 1. The smallest absolute Gasteiger partial charge is 0.276 e. The fourth-order valence-corrected chi connectivity index (χ4v) is 2.51. The summed E-state index contributed by atoms with van der Waals surface area (Å²) in [6, 6.07) is 5.24. The summed E-state index contributed by atoms with van der Waals surface area (Å²) in [6.45, 7) is 1.53. The molecule has 3 rings (SSSR count). The lowest BCUT2D eigenvalue weighted by Crippen LogP contribution is -2.25. The predicted molar refractivity (Wildman–Crippen MR) is 81.5 cm³/mol. The van der Waals surface area contributed by atoms with Gasteiger partial charge in [-0.1, -0.05) is 0 Å². The molecule has 7 heteroatoms. The van der Waals surface area contributed by atoms with Crippen molar-refractivity contribution in [2.24, 2.45) is 0 Å². The zero-order valence-electron chi connectivity index (χ0n) is 12.5. The molecule has 3 N–H and O–H groups in total. The number of aromatic amines is 1. The quantitative estimate of drug-likeness (QED) is 0.793. The summed E-state index contributed by atoms with van der Waals surface area (Å²) < 4.78 is 10.4. The van der Waals surface area contributed by atoms with Gasteiger partial charge in [0.15, 0.2) is 5.69 Å².